The Hall–Kier alpha value is -2.96. The zero-order valence-corrected chi connectivity index (χ0v) is 17.5. The molecule has 1 aliphatic rings. The van der Waals surface area contributed by atoms with Gasteiger partial charge < -0.3 is 5.32 Å². The number of amides is 1. The van der Waals surface area contributed by atoms with Gasteiger partial charge in [-0.15, -0.1) is 0 Å². The molecule has 4 atom stereocenters. The molecule has 4 rings (SSSR count). The number of rotatable bonds is 3. The summed E-state index contributed by atoms with van der Waals surface area (Å²) in [5.41, 5.74) is 3.28. The third-order valence-corrected chi connectivity index (χ3v) is 5.85. The second-order valence-corrected chi connectivity index (χ2v) is 7.90. The lowest BCUT2D eigenvalue weighted by molar-refractivity contribution is 0.0995. The highest BCUT2D eigenvalue weighted by molar-refractivity contribution is 6.30. The Morgan fingerprint density at radius 3 is 2.13 bits per heavy atom. The van der Waals surface area contributed by atoms with Gasteiger partial charge >= 0.3 is 0 Å². The molecule has 1 aromatic carbocycles. The van der Waals surface area contributed by atoms with Crippen LogP contribution < -0.4 is 5.32 Å². The fourth-order valence-electron chi connectivity index (χ4n) is 4.04. The quantitative estimate of drug-likeness (QED) is 0.677. The standard InChI is InChI=1S/C23H22ClN5O/c1-14-20(29-23(30)19-13-26-11-12-27-19)15(2)22(17-7-9-25-10-8-17)28-21(14)16-3-5-18(24)6-4-16/h3-15,21-22,28H,1-2H3. The van der Waals surface area contributed by atoms with Crippen molar-refractivity contribution < 1.29 is 4.79 Å². The number of piperidine rings is 1. The van der Waals surface area contributed by atoms with Crippen LogP contribution >= 0.6 is 11.6 Å². The monoisotopic (exact) mass is 419 g/mol. The zero-order valence-electron chi connectivity index (χ0n) is 16.7. The number of aromatic nitrogens is 3. The first kappa shape index (κ1) is 20.3. The summed E-state index contributed by atoms with van der Waals surface area (Å²) in [7, 11) is 0. The summed E-state index contributed by atoms with van der Waals surface area (Å²) >= 11 is 6.09. The lowest BCUT2D eigenvalue weighted by Gasteiger charge is -2.41. The third kappa shape index (κ3) is 4.15. The molecule has 7 heteroatoms. The molecule has 1 amide bonds. The summed E-state index contributed by atoms with van der Waals surface area (Å²) in [6.45, 7) is 4.18. The highest BCUT2D eigenvalue weighted by Gasteiger charge is 2.39. The maximum Gasteiger partial charge on any atom is 0.297 e. The molecular formula is C23H22ClN5O. The molecule has 0 radical (unpaired) electrons. The number of nitrogens with zero attached hydrogens (tertiary/aromatic N) is 4. The predicted octanol–water partition coefficient (Wildman–Crippen LogP) is 4.46. The van der Waals surface area contributed by atoms with E-state index in [0.717, 1.165) is 16.8 Å². The van der Waals surface area contributed by atoms with Crippen LogP contribution in [0.25, 0.3) is 0 Å². The average molecular weight is 420 g/mol. The lowest BCUT2D eigenvalue weighted by atomic mass is 9.75. The van der Waals surface area contributed by atoms with Gasteiger partial charge in [0.05, 0.1) is 6.20 Å². The highest BCUT2D eigenvalue weighted by atomic mass is 35.5. The third-order valence-electron chi connectivity index (χ3n) is 5.60. The number of hydrogen-bond donors (Lipinski definition) is 1. The van der Waals surface area contributed by atoms with Gasteiger partial charge in [-0.25, -0.2) is 9.98 Å². The van der Waals surface area contributed by atoms with E-state index in [1.54, 1.807) is 12.4 Å². The van der Waals surface area contributed by atoms with Crippen molar-refractivity contribution in [1.29, 1.82) is 0 Å². The van der Waals surface area contributed by atoms with Crippen molar-refractivity contribution >= 4 is 23.2 Å². The van der Waals surface area contributed by atoms with Crippen molar-refractivity contribution in [2.75, 3.05) is 0 Å². The zero-order chi connectivity index (χ0) is 21.1. The Morgan fingerprint density at radius 2 is 1.53 bits per heavy atom. The SMILES string of the molecule is CC1C(=NC(=O)c2cnccn2)C(C)C(c2ccc(Cl)cc2)NC1c1ccncc1. The van der Waals surface area contributed by atoms with Crippen LogP contribution in [0.1, 0.15) is 47.5 Å². The maximum absolute atomic E-state index is 12.8. The molecule has 0 saturated carbocycles. The number of pyridine rings is 1. The van der Waals surface area contributed by atoms with Crippen LogP contribution in [0.4, 0.5) is 0 Å². The Balaban J connectivity index is 1.75. The van der Waals surface area contributed by atoms with Crippen molar-refractivity contribution in [2.45, 2.75) is 25.9 Å². The van der Waals surface area contributed by atoms with Gasteiger partial charge in [-0.1, -0.05) is 37.6 Å². The molecule has 6 nitrogen and oxygen atoms in total. The van der Waals surface area contributed by atoms with Crippen molar-refractivity contribution in [2.24, 2.45) is 16.8 Å². The molecule has 0 aliphatic carbocycles. The van der Waals surface area contributed by atoms with Gasteiger partial charge in [-0.05, 0) is 35.4 Å². The second-order valence-electron chi connectivity index (χ2n) is 7.46. The number of aliphatic imine (C=N–C) groups is 1. The first-order valence-corrected chi connectivity index (χ1v) is 10.2. The van der Waals surface area contributed by atoms with Crippen molar-refractivity contribution in [3.8, 4) is 0 Å². The van der Waals surface area contributed by atoms with Crippen LogP contribution in [0.15, 0.2) is 72.4 Å². The van der Waals surface area contributed by atoms with Gasteiger partial charge in [0.15, 0.2) is 0 Å². The van der Waals surface area contributed by atoms with Crippen LogP contribution in [-0.4, -0.2) is 26.6 Å². The summed E-state index contributed by atoms with van der Waals surface area (Å²) < 4.78 is 0. The highest BCUT2D eigenvalue weighted by Crippen LogP contribution is 2.39. The van der Waals surface area contributed by atoms with E-state index in [2.05, 4.69) is 39.1 Å². The molecule has 0 bridgehead atoms. The van der Waals surface area contributed by atoms with E-state index in [0.29, 0.717) is 5.02 Å². The second kappa shape index (κ2) is 8.81. The lowest BCUT2D eigenvalue weighted by Crippen LogP contribution is -2.47. The van der Waals surface area contributed by atoms with Crippen molar-refractivity contribution in [3.05, 3.63) is 89.2 Å². The first-order valence-electron chi connectivity index (χ1n) is 9.85. The molecule has 152 valence electrons. The largest absolute Gasteiger partial charge is 0.302 e. The van der Waals surface area contributed by atoms with Crippen molar-refractivity contribution in [3.63, 3.8) is 0 Å². The van der Waals surface area contributed by atoms with Crippen LogP contribution in [0.3, 0.4) is 0 Å². The number of benzene rings is 1. The molecule has 3 heterocycles. The summed E-state index contributed by atoms with van der Waals surface area (Å²) in [4.78, 5) is 29.5. The van der Waals surface area contributed by atoms with Gasteiger partial charge in [-0.3, -0.25) is 14.8 Å². The van der Waals surface area contributed by atoms with Gasteiger partial charge in [0.1, 0.15) is 5.69 Å². The number of carbonyl (C=O) groups is 1. The molecule has 1 aliphatic heterocycles. The van der Waals surface area contributed by atoms with Crippen LogP contribution in [0.5, 0.6) is 0 Å². The summed E-state index contributed by atoms with van der Waals surface area (Å²) in [5.74, 6) is -0.367. The number of carbonyl (C=O) groups excluding carboxylic acids is 1. The fourth-order valence-corrected chi connectivity index (χ4v) is 4.16. The van der Waals surface area contributed by atoms with Gasteiger partial charge in [0.2, 0.25) is 0 Å². The van der Waals surface area contributed by atoms with Gasteiger partial charge in [0, 0.05) is 59.4 Å². The van der Waals surface area contributed by atoms with Crippen molar-refractivity contribution in [1.82, 2.24) is 20.3 Å². The number of hydrogen-bond acceptors (Lipinski definition) is 5. The average Bonchev–Trinajstić information content (AvgIpc) is 2.78. The normalized spacial score (nSPS) is 25.2. The van der Waals surface area contributed by atoms with Crippen LogP contribution in [0, 0.1) is 11.8 Å². The van der Waals surface area contributed by atoms with Gasteiger partial charge in [-0.2, -0.15) is 0 Å². The molecule has 30 heavy (non-hydrogen) atoms. The minimum absolute atomic E-state index is 0.000107. The Morgan fingerprint density at radius 1 is 0.900 bits per heavy atom. The van der Waals surface area contributed by atoms with Gasteiger partial charge in [0.25, 0.3) is 5.91 Å². The smallest absolute Gasteiger partial charge is 0.297 e. The minimum atomic E-state index is -0.373. The molecule has 0 spiro atoms. The van der Waals surface area contributed by atoms with E-state index in [1.807, 2.05) is 36.4 Å². The number of halogens is 1. The van der Waals surface area contributed by atoms with E-state index in [-0.39, 0.29) is 35.5 Å². The van der Waals surface area contributed by atoms with E-state index >= 15 is 0 Å². The van der Waals surface area contributed by atoms with E-state index in [1.165, 1.54) is 18.6 Å². The van der Waals surface area contributed by atoms with E-state index < -0.39 is 0 Å². The molecule has 1 saturated heterocycles. The first-order chi connectivity index (χ1) is 14.5. The molecule has 1 fully saturated rings. The molecular weight excluding hydrogens is 398 g/mol. The molecule has 1 N–H and O–H groups in total. The fraction of sp³-hybridized carbons (Fsp3) is 0.261. The molecule has 4 unspecified atom stereocenters. The Labute approximate surface area is 180 Å². The Bertz CT molecular complexity index is 1040. The minimum Gasteiger partial charge on any atom is -0.302 e. The number of nitrogens with one attached hydrogen (secondary N) is 1. The molecule has 3 aromatic rings. The Kier molecular flexibility index (Phi) is 5.97. The summed E-state index contributed by atoms with van der Waals surface area (Å²) in [6.07, 6.45) is 8.04. The van der Waals surface area contributed by atoms with E-state index in [4.69, 9.17) is 11.6 Å². The summed E-state index contributed by atoms with van der Waals surface area (Å²) in [5, 5.41) is 4.45. The maximum atomic E-state index is 12.8. The molecule has 2 aromatic heterocycles. The summed E-state index contributed by atoms with van der Waals surface area (Å²) in [6, 6.07) is 11.7. The predicted molar refractivity (Wildman–Crippen MR) is 116 cm³/mol. The van der Waals surface area contributed by atoms with E-state index in [9.17, 15) is 4.79 Å². The van der Waals surface area contributed by atoms with Crippen LogP contribution in [0.2, 0.25) is 5.02 Å². The topological polar surface area (TPSA) is 80.1 Å². The van der Waals surface area contributed by atoms with Crippen LogP contribution in [-0.2, 0) is 0 Å².